The molecule has 0 spiro atoms. The van der Waals surface area contributed by atoms with Gasteiger partial charge in [0.05, 0.1) is 6.04 Å². The van der Waals surface area contributed by atoms with E-state index in [1.807, 2.05) is 6.92 Å². The normalized spacial score (nSPS) is 16.2. The van der Waals surface area contributed by atoms with Gasteiger partial charge in [-0.1, -0.05) is 32.6 Å². The Morgan fingerprint density at radius 1 is 1.21 bits per heavy atom. The van der Waals surface area contributed by atoms with Crippen LogP contribution in [0.4, 0.5) is 0 Å². The standard InChI is InChI=1S/C13H23N/c1-8-10(4)14-13(7)12(6)11(5)9(2)3/h12-13H,2,5,8H2,1,3-4,6-7H3. The first-order chi connectivity index (χ1) is 6.40. The van der Waals surface area contributed by atoms with Crippen molar-refractivity contribution < 1.29 is 0 Å². The third-order valence-electron chi connectivity index (χ3n) is 2.76. The maximum atomic E-state index is 4.61. The van der Waals surface area contributed by atoms with Crippen molar-refractivity contribution in [2.75, 3.05) is 0 Å². The van der Waals surface area contributed by atoms with Crippen LogP contribution in [0.25, 0.3) is 0 Å². The minimum atomic E-state index is 0.305. The molecule has 0 saturated heterocycles. The Balaban J connectivity index is 4.47. The van der Waals surface area contributed by atoms with Crippen LogP contribution in [-0.4, -0.2) is 11.8 Å². The van der Waals surface area contributed by atoms with Gasteiger partial charge >= 0.3 is 0 Å². The Bertz CT molecular complexity index is 248. The van der Waals surface area contributed by atoms with Gasteiger partial charge in [-0.05, 0) is 32.8 Å². The van der Waals surface area contributed by atoms with Crippen LogP contribution < -0.4 is 0 Å². The molecule has 0 aromatic heterocycles. The second-order valence-corrected chi connectivity index (χ2v) is 4.05. The van der Waals surface area contributed by atoms with Crippen LogP contribution >= 0.6 is 0 Å². The predicted molar refractivity (Wildman–Crippen MR) is 66.0 cm³/mol. The highest BCUT2D eigenvalue weighted by atomic mass is 14.8. The monoisotopic (exact) mass is 193 g/mol. The van der Waals surface area contributed by atoms with E-state index in [1.165, 1.54) is 5.71 Å². The SMILES string of the molecule is C=C(C)C(=C)C(C)C(C)N=C(C)CC. The highest BCUT2D eigenvalue weighted by molar-refractivity contribution is 5.81. The van der Waals surface area contributed by atoms with Crippen molar-refractivity contribution in [3.05, 3.63) is 24.3 Å². The Hall–Kier alpha value is -0.850. The largest absolute Gasteiger partial charge is 0.291 e. The van der Waals surface area contributed by atoms with Crippen LogP contribution in [0.3, 0.4) is 0 Å². The molecule has 0 rings (SSSR count). The van der Waals surface area contributed by atoms with Crippen molar-refractivity contribution in [2.24, 2.45) is 10.9 Å². The lowest BCUT2D eigenvalue weighted by Gasteiger charge is -2.19. The van der Waals surface area contributed by atoms with E-state index in [0.29, 0.717) is 12.0 Å². The summed E-state index contributed by atoms with van der Waals surface area (Å²) < 4.78 is 0. The lowest BCUT2D eigenvalue weighted by molar-refractivity contribution is 0.561. The first-order valence-electron chi connectivity index (χ1n) is 5.28. The smallest absolute Gasteiger partial charge is 0.0536 e. The Kier molecular flexibility index (Phi) is 5.44. The molecule has 0 saturated carbocycles. The summed E-state index contributed by atoms with van der Waals surface area (Å²) in [5, 5.41) is 0. The summed E-state index contributed by atoms with van der Waals surface area (Å²) in [6.45, 7) is 18.5. The number of allylic oxidation sites excluding steroid dienone is 1. The quantitative estimate of drug-likeness (QED) is 0.462. The lowest BCUT2D eigenvalue weighted by atomic mass is 9.91. The molecule has 0 fully saturated rings. The molecule has 1 nitrogen and oxygen atoms in total. The van der Waals surface area contributed by atoms with E-state index in [9.17, 15) is 0 Å². The minimum absolute atomic E-state index is 0.305. The lowest BCUT2D eigenvalue weighted by Crippen LogP contribution is -2.15. The van der Waals surface area contributed by atoms with Crippen LogP contribution in [0.5, 0.6) is 0 Å². The summed E-state index contributed by atoms with van der Waals surface area (Å²) in [7, 11) is 0. The van der Waals surface area contributed by atoms with E-state index < -0.39 is 0 Å². The van der Waals surface area contributed by atoms with Gasteiger partial charge in [0.15, 0.2) is 0 Å². The van der Waals surface area contributed by atoms with Crippen LogP contribution in [0.1, 0.15) is 41.0 Å². The first-order valence-corrected chi connectivity index (χ1v) is 5.28. The molecule has 0 amide bonds. The summed E-state index contributed by atoms with van der Waals surface area (Å²) in [6, 6.07) is 0.305. The molecular formula is C13H23N. The highest BCUT2D eigenvalue weighted by Gasteiger charge is 2.14. The summed E-state index contributed by atoms with van der Waals surface area (Å²) in [5.41, 5.74) is 3.39. The van der Waals surface area contributed by atoms with Crippen molar-refractivity contribution in [2.45, 2.75) is 47.1 Å². The van der Waals surface area contributed by atoms with Crippen LogP contribution in [-0.2, 0) is 0 Å². The van der Waals surface area contributed by atoms with Gasteiger partial charge in [-0.25, -0.2) is 0 Å². The third-order valence-corrected chi connectivity index (χ3v) is 2.76. The van der Waals surface area contributed by atoms with Crippen molar-refractivity contribution >= 4 is 5.71 Å². The van der Waals surface area contributed by atoms with E-state index in [-0.39, 0.29) is 0 Å². The van der Waals surface area contributed by atoms with Gasteiger partial charge in [0.2, 0.25) is 0 Å². The molecule has 0 aromatic carbocycles. The maximum Gasteiger partial charge on any atom is 0.0536 e. The number of rotatable bonds is 5. The van der Waals surface area contributed by atoms with Gasteiger partial charge < -0.3 is 0 Å². The molecule has 80 valence electrons. The molecule has 2 unspecified atom stereocenters. The molecule has 1 heteroatoms. The van der Waals surface area contributed by atoms with Crippen molar-refractivity contribution in [3.8, 4) is 0 Å². The van der Waals surface area contributed by atoms with E-state index in [2.05, 4.69) is 45.8 Å². The summed E-state index contributed by atoms with van der Waals surface area (Å²) >= 11 is 0. The molecule has 0 aliphatic carbocycles. The molecule has 0 N–H and O–H groups in total. The highest BCUT2D eigenvalue weighted by Crippen LogP contribution is 2.21. The third kappa shape index (κ3) is 3.91. The molecule has 0 aromatic rings. The minimum Gasteiger partial charge on any atom is -0.291 e. The average Bonchev–Trinajstić information content (AvgIpc) is 2.14. The maximum absolute atomic E-state index is 4.61. The number of nitrogens with zero attached hydrogens (tertiary/aromatic N) is 1. The fourth-order valence-corrected chi connectivity index (χ4v) is 1.23. The van der Waals surface area contributed by atoms with Gasteiger partial charge in [0.25, 0.3) is 0 Å². The molecule has 0 aliphatic heterocycles. The van der Waals surface area contributed by atoms with Crippen LogP contribution in [0.2, 0.25) is 0 Å². The predicted octanol–water partition coefficient (Wildman–Crippen LogP) is 4.01. The fourth-order valence-electron chi connectivity index (χ4n) is 1.23. The van der Waals surface area contributed by atoms with Gasteiger partial charge in [-0.15, -0.1) is 0 Å². The van der Waals surface area contributed by atoms with E-state index >= 15 is 0 Å². The molecule has 0 radical (unpaired) electrons. The Morgan fingerprint density at radius 2 is 1.71 bits per heavy atom. The molecule has 0 aliphatic rings. The first kappa shape index (κ1) is 13.2. The van der Waals surface area contributed by atoms with E-state index in [1.54, 1.807) is 0 Å². The second kappa shape index (κ2) is 5.79. The Labute approximate surface area is 88.6 Å². The average molecular weight is 193 g/mol. The molecule has 0 bridgehead atoms. The zero-order valence-electron chi connectivity index (χ0n) is 10.2. The van der Waals surface area contributed by atoms with Crippen molar-refractivity contribution in [1.82, 2.24) is 0 Å². The van der Waals surface area contributed by atoms with Crippen molar-refractivity contribution in [3.63, 3.8) is 0 Å². The molecule has 2 atom stereocenters. The summed E-state index contributed by atoms with van der Waals surface area (Å²) in [5.74, 6) is 0.383. The number of hydrogen-bond donors (Lipinski definition) is 0. The van der Waals surface area contributed by atoms with E-state index in [4.69, 9.17) is 0 Å². The van der Waals surface area contributed by atoms with Crippen molar-refractivity contribution in [1.29, 1.82) is 0 Å². The second-order valence-electron chi connectivity index (χ2n) is 4.05. The molecular weight excluding hydrogens is 170 g/mol. The fraction of sp³-hybridized carbons (Fsp3) is 0.615. The topological polar surface area (TPSA) is 12.4 Å². The Morgan fingerprint density at radius 3 is 2.07 bits per heavy atom. The zero-order chi connectivity index (χ0) is 11.3. The zero-order valence-corrected chi connectivity index (χ0v) is 10.2. The van der Waals surface area contributed by atoms with Crippen LogP contribution in [0, 0.1) is 5.92 Å². The van der Waals surface area contributed by atoms with Gasteiger partial charge in [-0.2, -0.15) is 0 Å². The number of aliphatic imine (C=N–C) groups is 1. The summed E-state index contributed by atoms with van der Waals surface area (Å²) in [6.07, 6.45) is 1.02. The van der Waals surface area contributed by atoms with Gasteiger partial charge in [-0.3, -0.25) is 4.99 Å². The number of hydrogen-bond acceptors (Lipinski definition) is 1. The molecule has 0 heterocycles. The van der Waals surface area contributed by atoms with Crippen LogP contribution in [0.15, 0.2) is 29.3 Å². The summed E-state index contributed by atoms with van der Waals surface area (Å²) in [4.78, 5) is 4.61. The van der Waals surface area contributed by atoms with Gasteiger partial charge in [0, 0.05) is 11.6 Å². The van der Waals surface area contributed by atoms with Gasteiger partial charge in [0.1, 0.15) is 0 Å². The molecule has 14 heavy (non-hydrogen) atoms. The van der Waals surface area contributed by atoms with E-state index in [0.717, 1.165) is 17.6 Å².